The van der Waals surface area contributed by atoms with E-state index in [0.29, 0.717) is 21.4 Å². The zero-order valence-corrected chi connectivity index (χ0v) is 20.1. The Labute approximate surface area is 194 Å². The molecule has 0 spiro atoms. The van der Waals surface area contributed by atoms with Crippen LogP contribution in [0.3, 0.4) is 0 Å². The summed E-state index contributed by atoms with van der Waals surface area (Å²) < 4.78 is 42.0. The van der Waals surface area contributed by atoms with Crippen LogP contribution in [0.5, 0.6) is 0 Å². The van der Waals surface area contributed by atoms with Gasteiger partial charge in [0, 0.05) is 21.4 Å². The van der Waals surface area contributed by atoms with E-state index in [1.54, 1.807) is 47.0 Å². The van der Waals surface area contributed by atoms with Gasteiger partial charge in [-0.3, -0.25) is 9.10 Å². The van der Waals surface area contributed by atoms with Crippen LogP contribution < -0.4 is 9.73 Å². The molecule has 1 N–H and O–H groups in total. The minimum atomic E-state index is -3.69. The minimum absolute atomic E-state index is 0.348. The molecule has 7 nitrogen and oxygen atoms in total. The third-order valence-electron chi connectivity index (χ3n) is 4.74. The first-order valence-corrected chi connectivity index (χ1v) is 12.2. The molecule has 0 fully saturated rings. The Morgan fingerprint density at radius 1 is 1.19 bits per heavy atom. The Morgan fingerprint density at radius 2 is 1.91 bits per heavy atom. The molecule has 3 rings (SSSR count). The molecule has 1 amide bonds. The number of benzene rings is 2. The zero-order valence-electron chi connectivity index (χ0n) is 17.7. The number of hydrogen-bond donors (Lipinski definition) is 1. The van der Waals surface area contributed by atoms with E-state index in [9.17, 15) is 17.6 Å². The van der Waals surface area contributed by atoms with Crippen LogP contribution in [-0.2, 0) is 14.8 Å². The fourth-order valence-corrected chi connectivity index (χ4v) is 4.53. The number of anilines is 1. The molecule has 32 heavy (non-hydrogen) atoms. The molecule has 0 aliphatic rings. The molecule has 0 saturated heterocycles. The largest absolute Gasteiger partial charge is 0.315 e. The molecule has 0 unspecified atom stereocenters. The molecule has 0 bridgehead atoms. The van der Waals surface area contributed by atoms with Gasteiger partial charge in [-0.2, -0.15) is 5.10 Å². The predicted molar refractivity (Wildman–Crippen MR) is 127 cm³/mol. The van der Waals surface area contributed by atoms with Crippen molar-refractivity contribution in [2.24, 2.45) is 5.10 Å². The van der Waals surface area contributed by atoms with E-state index in [1.807, 2.05) is 19.9 Å². The summed E-state index contributed by atoms with van der Waals surface area (Å²) in [6.45, 7) is 3.24. The molecular weight excluding hydrogens is 499 g/mol. The number of para-hydroxylation sites is 1. The van der Waals surface area contributed by atoms with Crippen molar-refractivity contribution in [1.29, 1.82) is 0 Å². The van der Waals surface area contributed by atoms with Gasteiger partial charge in [-0.1, -0.05) is 34.1 Å². The molecule has 10 heteroatoms. The molecular formula is C22H22BrFN4O3S. The van der Waals surface area contributed by atoms with E-state index >= 15 is 0 Å². The van der Waals surface area contributed by atoms with Crippen LogP contribution in [0.15, 0.2) is 64.2 Å². The number of amides is 1. The monoisotopic (exact) mass is 520 g/mol. The molecule has 2 aromatic carbocycles. The number of sulfonamides is 1. The van der Waals surface area contributed by atoms with Gasteiger partial charge in [-0.15, -0.1) is 0 Å². The lowest BCUT2D eigenvalue weighted by atomic mass is 10.2. The smallest absolute Gasteiger partial charge is 0.260 e. The second-order valence-corrected chi connectivity index (χ2v) is 9.98. The fourth-order valence-electron chi connectivity index (χ4n) is 3.29. The number of rotatable bonds is 7. The first-order valence-electron chi connectivity index (χ1n) is 9.57. The molecule has 0 atom stereocenters. The number of hydrogen-bond acceptors (Lipinski definition) is 4. The van der Waals surface area contributed by atoms with E-state index < -0.39 is 22.5 Å². The highest BCUT2D eigenvalue weighted by Gasteiger charge is 2.21. The molecule has 0 aliphatic carbocycles. The lowest BCUT2D eigenvalue weighted by Gasteiger charge is -2.21. The predicted octanol–water partition coefficient (Wildman–Crippen LogP) is 3.91. The number of carbonyl (C=O) groups is 1. The van der Waals surface area contributed by atoms with Gasteiger partial charge in [0.1, 0.15) is 12.4 Å². The van der Waals surface area contributed by atoms with Crippen molar-refractivity contribution in [2.75, 3.05) is 17.1 Å². The normalized spacial score (nSPS) is 11.7. The minimum Gasteiger partial charge on any atom is -0.315 e. The van der Waals surface area contributed by atoms with Gasteiger partial charge >= 0.3 is 0 Å². The SMILES string of the molecule is Cc1cc(/C=N\NC(=O)CN(c2cccc(Br)c2)S(C)(=O)=O)c(C)n1-c1ccccc1F. The second kappa shape index (κ2) is 9.66. The molecule has 1 aromatic heterocycles. The first kappa shape index (κ1) is 23.7. The lowest BCUT2D eigenvalue weighted by molar-refractivity contribution is -0.119. The van der Waals surface area contributed by atoms with Crippen molar-refractivity contribution >= 4 is 43.8 Å². The van der Waals surface area contributed by atoms with Crippen molar-refractivity contribution in [3.8, 4) is 5.69 Å². The maximum atomic E-state index is 14.2. The Hall–Kier alpha value is -2.98. The highest BCUT2D eigenvalue weighted by atomic mass is 79.9. The van der Waals surface area contributed by atoms with Crippen LogP contribution in [0.4, 0.5) is 10.1 Å². The average Bonchev–Trinajstić information content (AvgIpc) is 2.99. The summed E-state index contributed by atoms with van der Waals surface area (Å²) in [5.41, 5.74) is 5.38. The van der Waals surface area contributed by atoms with E-state index in [4.69, 9.17) is 0 Å². The third-order valence-corrected chi connectivity index (χ3v) is 6.37. The summed E-state index contributed by atoms with van der Waals surface area (Å²) >= 11 is 3.30. The molecule has 168 valence electrons. The van der Waals surface area contributed by atoms with Crippen molar-refractivity contribution < 1.29 is 17.6 Å². The Morgan fingerprint density at radius 3 is 2.56 bits per heavy atom. The Balaban J connectivity index is 1.75. The van der Waals surface area contributed by atoms with E-state index in [2.05, 4.69) is 26.5 Å². The van der Waals surface area contributed by atoms with Crippen LogP contribution in [-0.4, -0.2) is 37.9 Å². The lowest BCUT2D eigenvalue weighted by Crippen LogP contribution is -2.39. The van der Waals surface area contributed by atoms with Crippen LogP contribution in [0.1, 0.15) is 17.0 Å². The van der Waals surface area contributed by atoms with Gasteiger partial charge < -0.3 is 4.57 Å². The van der Waals surface area contributed by atoms with E-state index in [1.165, 1.54) is 12.3 Å². The van der Waals surface area contributed by atoms with Crippen molar-refractivity contribution in [2.45, 2.75) is 13.8 Å². The van der Waals surface area contributed by atoms with Gasteiger partial charge in [0.25, 0.3) is 5.91 Å². The second-order valence-electron chi connectivity index (χ2n) is 7.16. The van der Waals surface area contributed by atoms with Gasteiger partial charge in [-0.05, 0) is 50.2 Å². The number of hydrazone groups is 1. The number of aryl methyl sites for hydroxylation is 1. The van der Waals surface area contributed by atoms with Gasteiger partial charge in [0.15, 0.2) is 0 Å². The highest BCUT2D eigenvalue weighted by molar-refractivity contribution is 9.10. The summed E-state index contributed by atoms with van der Waals surface area (Å²) in [7, 11) is -3.69. The van der Waals surface area contributed by atoms with E-state index in [-0.39, 0.29) is 5.82 Å². The Bertz CT molecular complexity index is 1290. The van der Waals surface area contributed by atoms with Gasteiger partial charge in [0.05, 0.1) is 23.8 Å². The van der Waals surface area contributed by atoms with Crippen molar-refractivity contribution in [3.63, 3.8) is 0 Å². The van der Waals surface area contributed by atoms with Gasteiger partial charge in [-0.25, -0.2) is 18.2 Å². The summed E-state index contributed by atoms with van der Waals surface area (Å²) in [5, 5.41) is 3.96. The van der Waals surface area contributed by atoms with Crippen LogP contribution in [0.25, 0.3) is 5.69 Å². The van der Waals surface area contributed by atoms with Crippen molar-refractivity contribution in [3.05, 3.63) is 81.8 Å². The van der Waals surface area contributed by atoms with Gasteiger partial charge in [0.2, 0.25) is 10.0 Å². The summed E-state index contributed by atoms with van der Waals surface area (Å²) in [4.78, 5) is 12.4. The van der Waals surface area contributed by atoms with Crippen LogP contribution in [0.2, 0.25) is 0 Å². The molecule has 0 aliphatic heterocycles. The number of aromatic nitrogens is 1. The first-order chi connectivity index (χ1) is 15.1. The maximum absolute atomic E-state index is 14.2. The summed E-state index contributed by atoms with van der Waals surface area (Å²) in [6.07, 6.45) is 2.48. The van der Waals surface area contributed by atoms with Crippen LogP contribution >= 0.6 is 15.9 Å². The zero-order chi connectivity index (χ0) is 23.5. The number of nitrogens with zero attached hydrogens (tertiary/aromatic N) is 3. The number of carbonyl (C=O) groups excluding carboxylic acids is 1. The van der Waals surface area contributed by atoms with E-state index in [0.717, 1.165) is 21.9 Å². The molecule has 0 radical (unpaired) electrons. The molecule has 3 aromatic rings. The highest BCUT2D eigenvalue weighted by Crippen LogP contribution is 2.23. The quantitative estimate of drug-likeness (QED) is 0.378. The summed E-state index contributed by atoms with van der Waals surface area (Å²) in [6, 6.07) is 14.9. The third kappa shape index (κ3) is 5.43. The van der Waals surface area contributed by atoms with Crippen molar-refractivity contribution in [1.82, 2.24) is 9.99 Å². The number of halogens is 2. The molecule has 0 saturated carbocycles. The topological polar surface area (TPSA) is 83.8 Å². The summed E-state index contributed by atoms with van der Waals surface area (Å²) in [5.74, 6) is -0.950. The van der Waals surface area contributed by atoms with Crippen LogP contribution in [0, 0.1) is 19.7 Å². The number of nitrogens with one attached hydrogen (secondary N) is 1. The molecule has 1 heterocycles. The Kier molecular flexibility index (Phi) is 7.15. The maximum Gasteiger partial charge on any atom is 0.260 e. The average molecular weight is 521 g/mol. The fraction of sp³-hybridized carbons (Fsp3) is 0.182. The standard InChI is InChI=1S/C22H22BrFN4O3S/c1-15-11-17(16(2)28(15)21-10-5-4-9-20(21)24)13-25-26-22(29)14-27(32(3,30)31)19-8-6-7-18(23)12-19/h4-13H,14H2,1-3H3,(H,26,29)/b25-13-.